The molecule has 0 bridgehead atoms. The number of halogens is 2. The Labute approximate surface area is 171 Å². The molecule has 3 aromatic rings. The monoisotopic (exact) mass is 423 g/mol. The van der Waals surface area contributed by atoms with Gasteiger partial charge in [-0.15, -0.1) is 0 Å². The van der Waals surface area contributed by atoms with Gasteiger partial charge in [-0.2, -0.15) is 0 Å². The van der Waals surface area contributed by atoms with Crippen molar-refractivity contribution in [3.8, 4) is 11.5 Å². The Bertz CT molecular complexity index is 959. The fourth-order valence-corrected chi connectivity index (χ4v) is 3.73. The first-order valence-electron chi connectivity index (χ1n) is 9.18. The lowest BCUT2D eigenvalue weighted by Crippen LogP contribution is -2.18. The Hall–Kier alpha value is -2.75. The van der Waals surface area contributed by atoms with E-state index in [-0.39, 0.29) is 25.4 Å². The van der Waals surface area contributed by atoms with E-state index in [4.69, 9.17) is 20.9 Å². The number of nitrogens with zero attached hydrogens (tertiary/aromatic N) is 3. The number of thiazole rings is 1. The molecule has 2 heterocycles. The lowest BCUT2D eigenvalue weighted by Gasteiger charge is -2.20. The predicted octanol–water partition coefficient (Wildman–Crippen LogP) is 4.42. The summed E-state index contributed by atoms with van der Waals surface area (Å²) in [6.07, 6.45) is 4.25. The SMILES string of the molecule is COc1cc(OCc2ccnc(N)n2)cc2sc(N)nc12.FC1(F)CCCCC1. The molecule has 0 amide bonds. The van der Waals surface area contributed by atoms with Crippen LogP contribution in [0.2, 0.25) is 0 Å². The van der Waals surface area contributed by atoms with Gasteiger partial charge in [0.2, 0.25) is 11.9 Å². The van der Waals surface area contributed by atoms with Crippen LogP contribution in [0.15, 0.2) is 24.4 Å². The van der Waals surface area contributed by atoms with Crippen LogP contribution in [0.4, 0.5) is 19.9 Å². The first kappa shape index (κ1) is 21.0. The number of ether oxygens (including phenoxy) is 2. The average molecular weight is 423 g/mol. The van der Waals surface area contributed by atoms with Gasteiger partial charge in [-0.1, -0.05) is 17.8 Å². The Morgan fingerprint density at radius 3 is 2.52 bits per heavy atom. The average Bonchev–Trinajstić information content (AvgIpc) is 3.06. The zero-order valence-corrected chi connectivity index (χ0v) is 16.8. The van der Waals surface area contributed by atoms with Crippen LogP contribution in [0.5, 0.6) is 11.5 Å². The second-order valence-corrected chi connectivity index (χ2v) is 7.70. The maximum Gasteiger partial charge on any atom is 0.248 e. The van der Waals surface area contributed by atoms with Crippen molar-refractivity contribution in [2.24, 2.45) is 0 Å². The highest BCUT2D eigenvalue weighted by molar-refractivity contribution is 7.22. The van der Waals surface area contributed by atoms with Gasteiger partial charge in [0.05, 0.1) is 17.5 Å². The minimum atomic E-state index is -2.32. The van der Waals surface area contributed by atoms with E-state index in [1.807, 2.05) is 6.07 Å². The van der Waals surface area contributed by atoms with Gasteiger partial charge in [0.15, 0.2) is 5.13 Å². The van der Waals surface area contributed by atoms with Gasteiger partial charge < -0.3 is 20.9 Å². The van der Waals surface area contributed by atoms with E-state index in [9.17, 15) is 8.78 Å². The minimum Gasteiger partial charge on any atom is -0.494 e. The lowest BCUT2D eigenvalue weighted by molar-refractivity contribution is -0.0337. The number of hydrogen-bond acceptors (Lipinski definition) is 8. The molecule has 0 saturated heterocycles. The molecule has 1 aliphatic rings. The highest BCUT2D eigenvalue weighted by Crippen LogP contribution is 2.35. The molecule has 10 heteroatoms. The third-order valence-corrected chi connectivity index (χ3v) is 5.21. The molecule has 29 heavy (non-hydrogen) atoms. The van der Waals surface area contributed by atoms with E-state index in [2.05, 4.69) is 15.0 Å². The van der Waals surface area contributed by atoms with Crippen LogP contribution in [0.25, 0.3) is 10.2 Å². The number of anilines is 2. The summed E-state index contributed by atoms with van der Waals surface area (Å²) in [4.78, 5) is 12.1. The number of fused-ring (bicyclic) bond motifs is 1. The van der Waals surface area contributed by atoms with Crippen LogP contribution >= 0.6 is 11.3 Å². The standard InChI is InChI=1S/C13H13N5O2S.C6H10F2/c1-19-9-4-8(5-10-11(9)18-13(15)21-10)20-6-7-2-3-16-12(14)17-7;7-6(8)4-2-1-3-5-6/h2-5H,6H2,1H3,(H2,15,18)(H2,14,16,17);1-5H2. The molecule has 1 fully saturated rings. The van der Waals surface area contributed by atoms with Crippen LogP contribution < -0.4 is 20.9 Å². The van der Waals surface area contributed by atoms with Gasteiger partial charge in [-0.05, 0) is 25.0 Å². The van der Waals surface area contributed by atoms with Crippen LogP contribution in [-0.4, -0.2) is 28.0 Å². The molecule has 0 unspecified atom stereocenters. The maximum atomic E-state index is 12.2. The summed E-state index contributed by atoms with van der Waals surface area (Å²) in [5.74, 6) is -0.824. The largest absolute Gasteiger partial charge is 0.494 e. The fourth-order valence-electron chi connectivity index (χ4n) is 2.95. The minimum absolute atomic E-state index is 0.118. The Balaban J connectivity index is 0.000000252. The highest BCUT2D eigenvalue weighted by Gasteiger charge is 2.30. The Morgan fingerprint density at radius 1 is 1.14 bits per heavy atom. The zero-order chi connectivity index (χ0) is 20.9. The summed E-state index contributed by atoms with van der Waals surface area (Å²) in [5, 5.41) is 0.490. The van der Waals surface area contributed by atoms with E-state index in [1.54, 1.807) is 25.4 Å². The number of nitrogen functional groups attached to an aromatic ring is 2. The van der Waals surface area contributed by atoms with Crippen molar-refractivity contribution >= 4 is 32.6 Å². The highest BCUT2D eigenvalue weighted by atomic mass is 32.1. The van der Waals surface area contributed by atoms with Gasteiger partial charge in [0, 0.05) is 25.1 Å². The Morgan fingerprint density at radius 2 is 1.90 bits per heavy atom. The summed E-state index contributed by atoms with van der Waals surface area (Å²) in [6, 6.07) is 5.39. The molecule has 1 saturated carbocycles. The smallest absolute Gasteiger partial charge is 0.248 e. The van der Waals surface area contributed by atoms with E-state index in [0.29, 0.717) is 35.2 Å². The number of alkyl halides is 2. The molecule has 1 aliphatic carbocycles. The van der Waals surface area contributed by atoms with Crippen LogP contribution in [0, 0.1) is 0 Å². The van der Waals surface area contributed by atoms with Crippen molar-refractivity contribution < 1.29 is 18.3 Å². The van der Waals surface area contributed by atoms with E-state index in [1.165, 1.54) is 11.3 Å². The number of rotatable bonds is 4. The second-order valence-electron chi connectivity index (χ2n) is 6.64. The van der Waals surface area contributed by atoms with Gasteiger partial charge in [-0.3, -0.25) is 0 Å². The van der Waals surface area contributed by atoms with Crippen LogP contribution in [0.3, 0.4) is 0 Å². The topological polar surface area (TPSA) is 109 Å². The number of hydrogen-bond donors (Lipinski definition) is 2. The molecule has 4 rings (SSSR count). The number of aromatic nitrogens is 3. The normalized spacial score (nSPS) is 15.4. The third-order valence-electron chi connectivity index (χ3n) is 4.37. The molecule has 0 atom stereocenters. The molecule has 4 N–H and O–H groups in total. The van der Waals surface area contributed by atoms with Crippen molar-refractivity contribution in [3.05, 3.63) is 30.1 Å². The predicted molar refractivity (Wildman–Crippen MR) is 109 cm³/mol. The first-order chi connectivity index (χ1) is 13.9. The first-order valence-corrected chi connectivity index (χ1v) is 10.00. The molecule has 7 nitrogen and oxygen atoms in total. The van der Waals surface area contributed by atoms with E-state index >= 15 is 0 Å². The van der Waals surface area contributed by atoms with Gasteiger partial charge in [0.1, 0.15) is 23.6 Å². The quantitative estimate of drug-likeness (QED) is 0.639. The lowest BCUT2D eigenvalue weighted by atomic mass is 9.97. The van der Waals surface area contributed by atoms with Crippen LogP contribution in [-0.2, 0) is 6.61 Å². The molecule has 1 aromatic carbocycles. The molecule has 156 valence electrons. The number of methoxy groups -OCH3 is 1. The molecular formula is C19H23F2N5O2S. The molecule has 2 aromatic heterocycles. The summed E-state index contributed by atoms with van der Waals surface area (Å²) in [5.41, 5.74) is 12.7. The Kier molecular flexibility index (Phi) is 6.63. The van der Waals surface area contributed by atoms with Gasteiger partial charge >= 0.3 is 0 Å². The summed E-state index contributed by atoms with van der Waals surface area (Å²) >= 11 is 1.38. The van der Waals surface area contributed by atoms with Gasteiger partial charge in [0.25, 0.3) is 0 Å². The number of benzene rings is 1. The third kappa shape index (κ3) is 5.86. The maximum absolute atomic E-state index is 12.2. The fraction of sp³-hybridized carbons (Fsp3) is 0.421. The van der Waals surface area contributed by atoms with E-state index in [0.717, 1.165) is 16.6 Å². The molecule has 0 spiro atoms. The van der Waals surface area contributed by atoms with Crippen molar-refractivity contribution in [1.29, 1.82) is 0 Å². The summed E-state index contributed by atoms with van der Waals surface area (Å²) < 4.78 is 36.4. The van der Waals surface area contributed by atoms with Crippen molar-refractivity contribution in [1.82, 2.24) is 15.0 Å². The van der Waals surface area contributed by atoms with E-state index < -0.39 is 5.92 Å². The second kappa shape index (κ2) is 9.17. The molecule has 0 aliphatic heterocycles. The van der Waals surface area contributed by atoms with Crippen molar-refractivity contribution in [2.45, 2.75) is 44.6 Å². The molecule has 0 radical (unpaired) electrons. The van der Waals surface area contributed by atoms with Crippen molar-refractivity contribution in [2.75, 3.05) is 18.6 Å². The van der Waals surface area contributed by atoms with Crippen molar-refractivity contribution in [3.63, 3.8) is 0 Å². The number of nitrogens with two attached hydrogens (primary N) is 2. The summed E-state index contributed by atoms with van der Waals surface area (Å²) in [7, 11) is 1.58. The summed E-state index contributed by atoms with van der Waals surface area (Å²) in [6.45, 7) is 0.287. The van der Waals surface area contributed by atoms with Gasteiger partial charge in [-0.25, -0.2) is 23.7 Å². The van der Waals surface area contributed by atoms with Crippen LogP contribution in [0.1, 0.15) is 37.8 Å². The zero-order valence-electron chi connectivity index (χ0n) is 16.0. The molecular weight excluding hydrogens is 400 g/mol.